The molecule has 0 aromatic rings. The highest BCUT2D eigenvalue weighted by Gasteiger charge is 2.17. The van der Waals surface area contributed by atoms with E-state index in [0.29, 0.717) is 0 Å². The summed E-state index contributed by atoms with van der Waals surface area (Å²) in [6.45, 7) is 5.92. The maximum atomic E-state index is 2.58. The maximum absolute atomic E-state index is 2.58. The highest BCUT2D eigenvalue weighted by molar-refractivity contribution is 4.73. The van der Waals surface area contributed by atoms with Gasteiger partial charge in [-0.3, -0.25) is 0 Å². The van der Waals surface area contributed by atoms with Gasteiger partial charge in [0.15, 0.2) is 0 Å². The fourth-order valence-electron chi connectivity index (χ4n) is 2.17. The van der Waals surface area contributed by atoms with Gasteiger partial charge in [-0.15, -0.1) is 0 Å². The number of hydrogen-bond donors (Lipinski definition) is 0. The molecule has 1 heteroatoms. The lowest BCUT2D eigenvalue weighted by atomic mass is 9.94. The van der Waals surface area contributed by atoms with Crippen LogP contribution in [0.25, 0.3) is 0 Å². The van der Waals surface area contributed by atoms with E-state index in [4.69, 9.17) is 0 Å². The molecular formula is C12H25N. The van der Waals surface area contributed by atoms with Crippen LogP contribution in [0.4, 0.5) is 0 Å². The molecule has 0 aliphatic heterocycles. The summed E-state index contributed by atoms with van der Waals surface area (Å²) in [6.07, 6.45) is 8.61. The summed E-state index contributed by atoms with van der Waals surface area (Å²) in [5, 5.41) is 0. The molecule has 0 amide bonds. The topological polar surface area (TPSA) is 3.24 Å². The summed E-state index contributed by atoms with van der Waals surface area (Å²) in [7, 11) is 2.30. The molecule has 0 heterocycles. The first-order chi connectivity index (χ1) is 6.20. The Bertz CT molecular complexity index is 125. The van der Waals surface area contributed by atoms with E-state index in [-0.39, 0.29) is 0 Å². The minimum absolute atomic E-state index is 0.853. The van der Waals surface area contributed by atoms with E-state index in [0.717, 1.165) is 12.0 Å². The van der Waals surface area contributed by atoms with E-state index >= 15 is 0 Å². The standard InChI is InChI=1S/C12H25N/c1-11(2)9-10-13(3)12-7-5-4-6-8-12/h11-12H,4-10H2,1-3H3. The first-order valence-corrected chi connectivity index (χ1v) is 5.90. The van der Waals surface area contributed by atoms with Crippen molar-refractivity contribution in [3.8, 4) is 0 Å². The molecule has 78 valence electrons. The zero-order valence-electron chi connectivity index (χ0n) is 9.55. The van der Waals surface area contributed by atoms with Crippen LogP contribution in [-0.2, 0) is 0 Å². The van der Waals surface area contributed by atoms with E-state index in [1.165, 1.54) is 45.1 Å². The largest absolute Gasteiger partial charge is 0.303 e. The van der Waals surface area contributed by atoms with Crippen molar-refractivity contribution in [3.05, 3.63) is 0 Å². The van der Waals surface area contributed by atoms with Gasteiger partial charge in [0.25, 0.3) is 0 Å². The summed E-state index contributed by atoms with van der Waals surface area (Å²) < 4.78 is 0. The lowest BCUT2D eigenvalue weighted by Gasteiger charge is -2.31. The Labute approximate surface area is 83.5 Å². The van der Waals surface area contributed by atoms with Crippen LogP contribution < -0.4 is 0 Å². The third kappa shape index (κ3) is 4.12. The quantitative estimate of drug-likeness (QED) is 0.646. The highest BCUT2D eigenvalue weighted by atomic mass is 15.1. The summed E-state index contributed by atoms with van der Waals surface area (Å²) >= 11 is 0. The van der Waals surface area contributed by atoms with Crippen molar-refractivity contribution in [1.29, 1.82) is 0 Å². The second kappa shape index (κ2) is 5.64. The third-order valence-corrected chi connectivity index (χ3v) is 3.26. The van der Waals surface area contributed by atoms with Gasteiger partial charge in [-0.25, -0.2) is 0 Å². The Morgan fingerprint density at radius 1 is 1.15 bits per heavy atom. The van der Waals surface area contributed by atoms with E-state index in [1.807, 2.05) is 0 Å². The van der Waals surface area contributed by atoms with Crippen molar-refractivity contribution in [3.63, 3.8) is 0 Å². The minimum Gasteiger partial charge on any atom is -0.303 e. The molecule has 0 aromatic carbocycles. The first-order valence-electron chi connectivity index (χ1n) is 5.90. The Hall–Kier alpha value is -0.0400. The SMILES string of the molecule is CC(C)CCN(C)C1CCCCC1. The van der Waals surface area contributed by atoms with Crippen LogP contribution in [0.1, 0.15) is 52.4 Å². The van der Waals surface area contributed by atoms with E-state index in [9.17, 15) is 0 Å². The molecule has 1 aliphatic carbocycles. The number of rotatable bonds is 4. The fraction of sp³-hybridized carbons (Fsp3) is 1.00. The molecule has 0 radical (unpaired) electrons. The molecule has 1 rings (SSSR count). The Morgan fingerprint density at radius 2 is 1.77 bits per heavy atom. The Balaban J connectivity index is 2.17. The van der Waals surface area contributed by atoms with Gasteiger partial charge in [-0.05, 0) is 38.8 Å². The van der Waals surface area contributed by atoms with Crippen LogP contribution >= 0.6 is 0 Å². The number of hydrogen-bond acceptors (Lipinski definition) is 1. The van der Waals surface area contributed by atoms with Crippen LogP contribution in [0.2, 0.25) is 0 Å². The average Bonchev–Trinajstić information content (AvgIpc) is 2.15. The van der Waals surface area contributed by atoms with Gasteiger partial charge in [0.05, 0.1) is 0 Å². The second-order valence-corrected chi connectivity index (χ2v) is 4.95. The molecule has 0 N–H and O–H groups in total. The number of nitrogens with zero attached hydrogens (tertiary/aromatic N) is 1. The zero-order valence-corrected chi connectivity index (χ0v) is 9.55. The van der Waals surface area contributed by atoms with E-state index in [2.05, 4.69) is 25.8 Å². The molecule has 0 atom stereocenters. The first kappa shape index (κ1) is 11.0. The average molecular weight is 183 g/mol. The van der Waals surface area contributed by atoms with Crippen molar-refractivity contribution in [2.24, 2.45) is 5.92 Å². The summed E-state index contributed by atoms with van der Waals surface area (Å²) in [6, 6.07) is 0.896. The maximum Gasteiger partial charge on any atom is 0.00922 e. The van der Waals surface area contributed by atoms with Gasteiger partial charge in [0.1, 0.15) is 0 Å². The fourth-order valence-corrected chi connectivity index (χ4v) is 2.17. The molecule has 0 bridgehead atoms. The predicted octanol–water partition coefficient (Wildman–Crippen LogP) is 3.30. The molecule has 1 fully saturated rings. The molecule has 0 saturated heterocycles. The molecule has 13 heavy (non-hydrogen) atoms. The van der Waals surface area contributed by atoms with Crippen molar-refractivity contribution in [2.45, 2.75) is 58.4 Å². The van der Waals surface area contributed by atoms with Crippen molar-refractivity contribution >= 4 is 0 Å². The van der Waals surface area contributed by atoms with Crippen molar-refractivity contribution in [2.75, 3.05) is 13.6 Å². The van der Waals surface area contributed by atoms with Crippen LogP contribution in [-0.4, -0.2) is 24.5 Å². The Morgan fingerprint density at radius 3 is 2.31 bits per heavy atom. The van der Waals surface area contributed by atoms with Gasteiger partial charge >= 0.3 is 0 Å². The molecule has 0 aromatic heterocycles. The van der Waals surface area contributed by atoms with E-state index in [1.54, 1.807) is 0 Å². The summed E-state index contributed by atoms with van der Waals surface area (Å²) in [5.41, 5.74) is 0. The smallest absolute Gasteiger partial charge is 0.00922 e. The molecular weight excluding hydrogens is 158 g/mol. The Kier molecular flexibility index (Phi) is 4.79. The predicted molar refractivity (Wildman–Crippen MR) is 59.0 cm³/mol. The van der Waals surface area contributed by atoms with Crippen molar-refractivity contribution < 1.29 is 0 Å². The van der Waals surface area contributed by atoms with Crippen LogP contribution in [0.15, 0.2) is 0 Å². The lowest BCUT2D eigenvalue weighted by molar-refractivity contribution is 0.183. The van der Waals surface area contributed by atoms with Crippen LogP contribution in [0.3, 0.4) is 0 Å². The van der Waals surface area contributed by atoms with Gasteiger partial charge in [0, 0.05) is 6.04 Å². The lowest BCUT2D eigenvalue weighted by Crippen LogP contribution is -2.34. The minimum atomic E-state index is 0.853. The molecule has 1 nitrogen and oxygen atoms in total. The normalized spacial score (nSPS) is 20.1. The molecule has 1 aliphatic rings. The monoisotopic (exact) mass is 183 g/mol. The second-order valence-electron chi connectivity index (χ2n) is 4.95. The highest BCUT2D eigenvalue weighted by Crippen LogP contribution is 2.21. The van der Waals surface area contributed by atoms with Gasteiger partial charge in [-0.2, -0.15) is 0 Å². The van der Waals surface area contributed by atoms with Crippen LogP contribution in [0.5, 0.6) is 0 Å². The molecule has 1 saturated carbocycles. The van der Waals surface area contributed by atoms with E-state index < -0.39 is 0 Å². The summed E-state index contributed by atoms with van der Waals surface area (Å²) in [5.74, 6) is 0.853. The summed E-state index contributed by atoms with van der Waals surface area (Å²) in [4.78, 5) is 2.58. The van der Waals surface area contributed by atoms with Crippen LogP contribution in [0, 0.1) is 5.92 Å². The van der Waals surface area contributed by atoms with Gasteiger partial charge in [-0.1, -0.05) is 33.1 Å². The van der Waals surface area contributed by atoms with Gasteiger partial charge in [0.2, 0.25) is 0 Å². The molecule has 0 unspecified atom stereocenters. The van der Waals surface area contributed by atoms with Crippen molar-refractivity contribution in [1.82, 2.24) is 4.90 Å². The van der Waals surface area contributed by atoms with Gasteiger partial charge < -0.3 is 4.90 Å². The molecule has 0 spiro atoms. The third-order valence-electron chi connectivity index (χ3n) is 3.26. The zero-order chi connectivity index (χ0) is 9.68.